The molecule has 1 aliphatic carbocycles. The minimum absolute atomic E-state index is 0.102. The van der Waals surface area contributed by atoms with Gasteiger partial charge in [0, 0.05) is 13.1 Å². The second kappa shape index (κ2) is 5.46. The van der Waals surface area contributed by atoms with Crippen molar-refractivity contribution < 1.29 is 22.7 Å². The first-order chi connectivity index (χ1) is 8.86. The molecule has 0 aliphatic heterocycles. The summed E-state index contributed by atoms with van der Waals surface area (Å²) in [6.07, 6.45) is -3.05. The second-order valence-electron chi connectivity index (χ2n) is 4.88. The number of aliphatic hydroxyl groups is 1. The Kier molecular flexibility index (Phi) is 4.10. The number of halogens is 4. The van der Waals surface area contributed by atoms with Crippen LogP contribution in [0.5, 0.6) is 0 Å². The van der Waals surface area contributed by atoms with Crippen molar-refractivity contribution in [1.82, 2.24) is 5.32 Å². The van der Waals surface area contributed by atoms with Gasteiger partial charge in [-0.05, 0) is 42.5 Å². The van der Waals surface area contributed by atoms with Gasteiger partial charge in [0.05, 0.1) is 11.7 Å². The fourth-order valence-corrected chi connectivity index (χ4v) is 1.93. The summed E-state index contributed by atoms with van der Waals surface area (Å²) in [5.41, 5.74) is -0.776. The zero-order valence-electron chi connectivity index (χ0n) is 10.2. The van der Waals surface area contributed by atoms with E-state index in [2.05, 4.69) is 5.32 Å². The monoisotopic (exact) mass is 277 g/mol. The fourth-order valence-electron chi connectivity index (χ4n) is 1.93. The molecule has 1 unspecified atom stereocenters. The molecule has 2 nitrogen and oxygen atoms in total. The summed E-state index contributed by atoms with van der Waals surface area (Å²) in [6, 6.07) is 2.45. The normalized spacial score (nSPS) is 17.5. The van der Waals surface area contributed by atoms with Crippen LogP contribution in [0, 0.1) is 11.7 Å². The summed E-state index contributed by atoms with van der Waals surface area (Å²) in [6.45, 7) is 0.410. The third kappa shape index (κ3) is 4.18. The molecule has 6 heteroatoms. The molecule has 1 atom stereocenters. The van der Waals surface area contributed by atoms with Gasteiger partial charge in [0.25, 0.3) is 0 Å². The van der Waals surface area contributed by atoms with Crippen LogP contribution in [0.4, 0.5) is 17.6 Å². The highest BCUT2D eigenvalue weighted by Gasteiger charge is 2.31. The van der Waals surface area contributed by atoms with E-state index in [0.29, 0.717) is 18.5 Å². The first-order valence-electron chi connectivity index (χ1n) is 6.11. The number of alkyl halides is 3. The molecule has 0 amide bonds. The molecule has 19 heavy (non-hydrogen) atoms. The average molecular weight is 277 g/mol. The number of nitrogens with one attached hydrogen (secondary N) is 1. The fraction of sp³-hybridized carbons (Fsp3) is 0.538. The van der Waals surface area contributed by atoms with Crippen LogP contribution in [0.15, 0.2) is 18.2 Å². The van der Waals surface area contributed by atoms with Crippen LogP contribution in [-0.2, 0) is 12.7 Å². The molecule has 1 fully saturated rings. The highest BCUT2D eigenvalue weighted by Crippen LogP contribution is 2.32. The molecule has 1 aromatic rings. The summed E-state index contributed by atoms with van der Waals surface area (Å²) >= 11 is 0. The van der Waals surface area contributed by atoms with Crippen LogP contribution in [-0.4, -0.2) is 17.8 Å². The molecule has 0 radical (unpaired) electrons. The Hall–Kier alpha value is -1.14. The molecule has 1 saturated carbocycles. The van der Waals surface area contributed by atoms with Crippen LogP contribution in [0.3, 0.4) is 0 Å². The van der Waals surface area contributed by atoms with Crippen molar-refractivity contribution in [2.45, 2.75) is 31.7 Å². The molecule has 0 bridgehead atoms. The minimum atomic E-state index is -4.55. The van der Waals surface area contributed by atoms with Crippen LogP contribution >= 0.6 is 0 Å². The van der Waals surface area contributed by atoms with Gasteiger partial charge in [-0.1, -0.05) is 0 Å². The van der Waals surface area contributed by atoms with Crippen molar-refractivity contribution in [1.29, 1.82) is 0 Å². The number of hydrogen-bond donors (Lipinski definition) is 2. The van der Waals surface area contributed by atoms with Gasteiger partial charge < -0.3 is 10.4 Å². The highest BCUT2D eigenvalue weighted by molar-refractivity contribution is 5.26. The van der Waals surface area contributed by atoms with Crippen molar-refractivity contribution in [3.8, 4) is 0 Å². The zero-order valence-corrected chi connectivity index (χ0v) is 10.2. The molecule has 2 N–H and O–H groups in total. The Balaban J connectivity index is 1.93. The third-order valence-electron chi connectivity index (χ3n) is 3.13. The van der Waals surface area contributed by atoms with Crippen molar-refractivity contribution >= 4 is 0 Å². The Morgan fingerprint density at radius 1 is 1.26 bits per heavy atom. The van der Waals surface area contributed by atoms with Crippen LogP contribution in [0.1, 0.15) is 24.0 Å². The number of aliphatic hydroxyl groups excluding tert-OH is 1. The van der Waals surface area contributed by atoms with E-state index in [1.807, 2.05) is 0 Å². The SMILES string of the molecule is OC(CNCc1cc(F)cc(C(F)(F)F)c1)C1CC1. The van der Waals surface area contributed by atoms with Gasteiger partial charge in [-0.25, -0.2) is 4.39 Å². The zero-order chi connectivity index (χ0) is 14.0. The summed E-state index contributed by atoms with van der Waals surface area (Å²) < 4.78 is 50.6. The number of rotatable bonds is 5. The van der Waals surface area contributed by atoms with Crippen molar-refractivity contribution in [2.24, 2.45) is 5.92 Å². The predicted octanol–water partition coefficient (Wildman–Crippen LogP) is 2.71. The summed E-state index contributed by atoms with van der Waals surface area (Å²) in [5.74, 6) is -0.611. The van der Waals surface area contributed by atoms with Crippen LogP contribution < -0.4 is 5.32 Å². The van der Waals surface area contributed by atoms with Crippen molar-refractivity contribution in [3.63, 3.8) is 0 Å². The van der Waals surface area contributed by atoms with E-state index < -0.39 is 23.7 Å². The Morgan fingerprint density at radius 2 is 1.95 bits per heavy atom. The lowest BCUT2D eigenvalue weighted by molar-refractivity contribution is -0.137. The minimum Gasteiger partial charge on any atom is -0.392 e. The maximum absolute atomic E-state index is 13.1. The average Bonchev–Trinajstić information content (AvgIpc) is 3.10. The lowest BCUT2D eigenvalue weighted by Crippen LogP contribution is -2.28. The molecule has 106 valence electrons. The van der Waals surface area contributed by atoms with E-state index in [-0.39, 0.29) is 12.1 Å². The number of hydrogen-bond acceptors (Lipinski definition) is 2. The molecule has 0 aromatic heterocycles. The van der Waals surface area contributed by atoms with E-state index in [9.17, 15) is 22.7 Å². The van der Waals surface area contributed by atoms with Crippen LogP contribution in [0.2, 0.25) is 0 Å². The Bertz CT molecular complexity index is 443. The molecule has 0 heterocycles. The Morgan fingerprint density at radius 3 is 2.53 bits per heavy atom. The number of benzene rings is 1. The van der Waals surface area contributed by atoms with Gasteiger partial charge in [-0.15, -0.1) is 0 Å². The van der Waals surface area contributed by atoms with Crippen molar-refractivity contribution in [3.05, 3.63) is 35.1 Å². The van der Waals surface area contributed by atoms with E-state index in [1.165, 1.54) is 0 Å². The van der Waals surface area contributed by atoms with Crippen LogP contribution in [0.25, 0.3) is 0 Å². The summed E-state index contributed by atoms with van der Waals surface area (Å²) in [7, 11) is 0. The van der Waals surface area contributed by atoms with Gasteiger partial charge in [0.1, 0.15) is 5.82 Å². The van der Waals surface area contributed by atoms with E-state index >= 15 is 0 Å². The molecular weight excluding hydrogens is 262 g/mol. The third-order valence-corrected chi connectivity index (χ3v) is 3.13. The standard InChI is InChI=1S/C13H15F4NO/c14-11-4-8(3-10(5-11)13(15,16)17)6-18-7-12(19)9-1-2-9/h3-5,9,12,18-19H,1-2,6-7H2. The maximum Gasteiger partial charge on any atom is 0.416 e. The van der Waals surface area contributed by atoms with E-state index in [0.717, 1.165) is 25.0 Å². The molecule has 1 aromatic carbocycles. The summed E-state index contributed by atoms with van der Waals surface area (Å²) in [5, 5.41) is 12.4. The molecule has 1 aliphatic rings. The first-order valence-corrected chi connectivity index (χ1v) is 6.11. The topological polar surface area (TPSA) is 32.3 Å². The highest BCUT2D eigenvalue weighted by atomic mass is 19.4. The Labute approximate surface area is 108 Å². The second-order valence-corrected chi connectivity index (χ2v) is 4.88. The molecule has 2 rings (SSSR count). The largest absolute Gasteiger partial charge is 0.416 e. The lowest BCUT2D eigenvalue weighted by Gasteiger charge is -2.12. The van der Waals surface area contributed by atoms with Gasteiger partial charge in [0.2, 0.25) is 0 Å². The van der Waals surface area contributed by atoms with Gasteiger partial charge >= 0.3 is 6.18 Å². The van der Waals surface area contributed by atoms with E-state index in [4.69, 9.17) is 0 Å². The first kappa shape index (κ1) is 14.3. The maximum atomic E-state index is 13.1. The van der Waals surface area contributed by atoms with Crippen molar-refractivity contribution in [2.75, 3.05) is 6.54 Å². The van der Waals surface area contributed by atoms with Gasteiger partial charge in [-0.3, -0.25) is 0 Å². The van der Waals surface area contributed by atoms with Gasteiger partial charge in [-0.2, -0.15) is 13.2 Å². The molecule has 0 saturated heterocycles. The molecule has 0 spiro atoms. The van der Waals surface area contributed by atoms with Gasteiger partial charge in [0.15, 0.2) is 0 Å². The molecular formula is C13H15F4NO. The summed E-state index contributed by atoms with van der Waals surface area (Å²) in [4.78, 5) is 0. The predicted molar refractivity (Wildman–Crippen MR) is 61.8 cm³/mol. The smallest absolute Gasteiger partial charge is 0.392 e. The lowest BCUT2D eigenvalue weighted by atomic mass is 10.1. The quantitative estimate of drug-likeness (QED) is 0.811. The van der Waals surface area contributed by atoms with E-state index in [1.54, 1.807) is 0 Å².